The average molecular weight is 378 g/mol. The van der Waals surface area contributed by atoms with Crippen LogP contribution in [0.15, 0.2) is 24.3 Å². The molecule has 0 unspecified atom stereocenters. The molecule has 0 radical (unpaired) electrons. The number of hydrogen-bond donors (Lipinski definition) is 1. The number of benzene rings is 1. The predicted molar refractivity (Wildman–Crippen MR) is 101 cm³/mol. The number of rotatable bonds is 8. The normalized spacial score (nSPS) is 15.7. The zero-order valence-corrected chi connectivity index (χ0v) is 15.7. The minimum absolute atomic E-state index is 0.0106. The number of anilines is 1. The molecule has 1 aliphatic heterocycles. The number of likely N-dealkylation sites (N-methyl/N-ethyl adjacent to an activating group) is 2. The molecule has 0 bridgehead atoms. The van der Waals surface area contributed by atoms with Crippen molar-refractivity contribution in [3.63, 3.8) is 0 Å². The van der Waals surface area contributed by atoms with Crippen LogP contribution in [0.1, 0.15) is 19.8 Å². The monoisotopic (exact) mass is 378 g/mol. The Kier molecular flexibility index (Phi) is 7.26. The van der Waals surface area contributed by atoms with Gasteiger partial charge >= 0.3 is 5.97 Å². The van der Waals surface area contributed by atoms with Crippen LogP contribution in [0.3, 0.4) is 0 Å². The number of aliphatic carboxylic acids is 1. The second-order valence-corrected chi connectivity index (χ2v) is 6.69. The van der Waals surface area contributed by atoms with Gasteiger partial charge in [-0.2, -0.15) is 0 Å². The molecule has 1 amide bonds. The standard InChI is InChI=1S/C18H26N4O5/c1-3-21(13-18(24)25)15-8-10-20(11-9-15)12-17(23)19(2)14-4-6-16(7-5-14)22(26)27/h4-7,15H,3,8-13H2,1-2H3,(H,24,25). The lowest BCUT2D eigenvalue weighted by atomic mass is 10.0. The summed E-state index contributed by atoms with van der Waals surface area (Å²) in [6.07, 6.45) is 1.66. The second kappa shape index (κ2) is 9.43. The Labute approximate surface area is 158 Å². The highest BCUT2D eigenvalue weighted by Crippen LogP contribution is 2.20. The number of amides is 1. The molecule has 0 atom stereocenters. The first-order valence-corrected chi connectivity index (χ1v) is 9.01. The summed E-state index contributed by atoms with van der Waals surface area (Å²) in [5.41, 5.74) is 0.600. The molecule has 0 saturated carbocycles. The van der Waals surface area contributed by atoms with Gasteiger partial charge in [0, 0.05) is 44.0 Å². The molecule has 0 aromatic heterocycles. The Morgan fingerprint density at radius 2 is 1.85 bits per heavy atom. The van der Waals surface area contributed by atoms with E-state index in [9.17, 15) is 19.7 Å². The van der Waals surface area contributed by atoms with Crippen molar-refractivity contribution < 1.29 is 19.6 Å². The number of likely N-dealkylation sites (tertiary alicyclic amines) is 1. The zero-order chi connectivity index (χ0) is 20.0. The van der Waals surface area contributed by atoms with E-state index in [1.165, 1.54) is 17.0 Å². The quantitative estimate of drug-likeness (QED) is 0.538. The second-order valence-electron chi connectivity index (χ2n) is 6.69. The largest absolute Gasteiger partial charge is 0.480 e. The van der Waals surface area contributed by atoms with Gasteiger partial charge in [-0.25, -0.2) is 0 Å². The molecule has 148 valence electrons. The maximum absolute atomic E-state index is 12.5. The molecule has 1 N–H and O–H groups in total. The molecule has 1 aromatic rings. The fourth-order valence-electron chi connectivity index (χ4n) is 3.35. The number of nitro benzene ring substituents is 1. The molecule has 1 saturated heterocycles. The number of nitrogens with zero attached hydrogens (tertiary/aromatic N) is 4. The van der Waals surface area contributed by atoms with E-state index in [0.717, 1.165) is 25.9 Å². The van der Waals surface area contributed by atoms with Gasteiger partial charge in [-0.15, -0.1) is 0 Å². The van der Waals surface area contributed by atoms with Crippen LogP contribution in [0.5, 0.6) is 0 Å². The van der Waals surface area contributed by atoms with E-state index >= 15 is 0 Å². The van der Waals surface area contributed by atoms with E-state index in [1.54, 1.807) is 19.2 Å². The number of carboxylic acid groups (broad SMARTS) is 1. The minimum atomic E-state index is -0.820. The third-order valence-corrected chi connectivity index (χ3v) is 5.00. The lowest BCUT2D eigenvalue weighted by Gasteiger charge is -2.37. The van der Waals surface area contributed by atoms with E-state index in [0.29, 0.717) is 12.2 Å². The minimum Gasteiger partial charge on any atom is -0.480 e. The van der Waals surface area contributed by atoms with Gasteiger partial charge in [0.2, 0.25) is 5.91 Å². The van der Waals surface area contributed by atoms with Crippen LogP contribution >= 0.6 is 0 Å². The maximum atomic E-state index is 12.5. The van der Waals surface area contributed by atoms with E-state index in [2.05, 4.69) is 4.90 Å². The number of carbonyl (C=O) groups excluding carboxylic acids is 1. The van der Waals surface area contributed by atoms with Crippen molar-refractivity contribution in [3.8, 4) is 0 Å². The lowest BCUT2D eigenvalue weighted by molar-refractivity contribution is -0.384. The van der Waals surface area contributed by atoms with Crippen LogP contribution in [-0.2, 0) is 9.59 Å². The first-order valence-electron chi connectivity index (χ1n) is 9.01. The number of carbonyl (C=O) groups is 2. The summed E-state index contributed by atoms with van der Waals surface area (Å²) in [7, 11) is 1.65. The summed E-state index contributed by atoms with van der Waals surface area (Å²) in [5.74, 6) is -0.903. The van der Waals surface area contributed by atoms with E-state index in [1.807, 2.05) is 11.8 Å². The summed E-state index contributed by atoms with van der Waals surface area (Å²) in [6, 6.07) is 6.11. The molecule has 9 nitrogen and oxygen atoms in total. The lowest BCUT2D eigenvalue weighted by Crippen LogP contribution is -2.48. The highest BCUT2D eigenvalue weighted by Gasteiger charge is 2.26. The van der Waals surface area contributed by atoms with Gasteiger partial charge in [0.1, 0.15) is 0 Å². The summed E-state index contributed by atoms with van der Waals surface area (Å²) < 4.78 is 0. The van der Waals surface area contributed by atoms with Crippen molar-refractivity contribution in [1.82, 2.24) is 9.80 Å². The van der Waals surface area contributed by atoms with Gasteiger partial charge in [-0.1, -0.05) is 6.92 Å². The van der Waals surface area contributed by atoms with E-state index < -0.39 is 10.9 Å². The molecule has 0 spiro atoms. The Bertz CT molecular complexity index is 671. The Hall–Kier alpha value is -2.52. The fourth-order valence-corrected chi connectivity index (χ4v) is 3.35. The highest BCUT2D eigenvalue weighted by atomic mass is 16.6. The Morgan fingerprint density at radius 1 is 1.26 bits per heavy atom. The number of carboxylic acids is 1. The Balaban J connectivity index is 1.86. The van der Waals surface area contributed by atoms with Crippen molar-refractivity contribution in [2.45, 2.75) is 25.8 Å². The molecule has 1 fully saturated rings. The third kappa shape index (κ3) is 5.73. The van der Waals surface area contributed by atoms with Gasteiger partial charge in [-0.05, 0) is 31.5 Å². The molecule has 1 aliphatic rings. The van der Waals surface area contributed by atoms with Crippen LogP contribution in [0.2, 0.25) is 0 Å². The number of hydrogen-bond acceptors (Lipinski definition) is 6. The third-order valence-electron chi connectivity index (χ3n) is 5.00. The zero-order valence-electron chi connectivity index (χ0n) is 15.7. The molecule has 1 aromatic carbocycles. The molecular formula is C18H26N4O5. The molecule has 27 heavy (non-hydrogen) atoms. The molecule has 2 rings (SSSR count). The highest BCUT2D eigenvalue weighted by molar-refractivity contribution is 5.94. The van der Waals surface area contributed by atoms with Crippen molar-refractivity contribution in [3.05, 3.63) is 34.4 Å². The van der Waals surface area contributed by atoms with Crippen LogP contribution in [-0.4, -0.2) is 77.5 Å². The smallest absolute Gasteiger partial charge is 0.317 e. The van der Waals surface area contributed by atoms with Gasteiger partial charge in [-0.3, -0.25) is 29.5 Å². The van der Waals surface area contributed by atoms with Gasteiger partial charge in [0.15, 0.2) is 0 Å². The molecule has 0 aliphatic carbocycles. The molecule has 9 heteroatoms. The van der Waals surface area contributed by atoms with E-state index in [-0.39, 0.29) is 30.7 Å². The Morgan fingerprint density at radius 3 is 2.33 bits per heavy atom. The van der Waals surface area contributed by atoms with E-state index in [4.69, 9.17) is 5.11 Å². The summed E-state index contributed by atoms with van der Waals surface area (Å²) in [6.45, 7) is 4.44. The topological polar surface area (TPSA) is 107 Å². The van der Waals surface area contributed by atoms with Crippen molar-refractivity contribution in [1.29, 1.82) is 0 Å². The number of piperidine rings is 1. The number of nitro groups is 1. The maximum Gasteiger partial charge on any atom is 0.317 e. The van der Waals surface area contributed by atoms with Crippen LogP contribution in [0, 0.1) is 10.1 Å². The first-order chi connectivity index (χ1) is 12.8. The summed E-state index contributed by atoms with van der Waals surface area (Å²) >= 11 is 0. The van der Waals surface area contributed by atoms with Crippen molar-refractivity contribution >= 4 is 23.3 Å². The molecular weight excluding hydrogens is 352 g/mol. The van der Waals surface area contributed by atoms with Gasteiger partial charge in [0.05, 0.1) is 18.0 Å². The first kappa shape index (κ1) is 20.8. The van der Waals surface area contributed by atoms with Gasteiger partial charge < -0.3 is 10.0 Å². The average Bonchev–Trinajstić information content (AvgIpc) is 2.66. The summed E-state index contributed by atoms with van der Waals surface area (Å²) in [4.78, 5) is 39.2. The van der Waals surface area contributed by atoms with Crippen LogP contribution in [0.25, 0.3) is 0 Å². The van der Waals surface area contributed by atoms with Crippen LogP contribution < -0.4 is 4.90 Å². The van der Waals surface area contributed by atoms with Crippen molar-refractivity contribution in [2.75, 3.05) is 44.7 Å². The number of non-ortho nitro benzene ring substituents is 1. The summed E-state index contributed by atoms with van der Waals surface area (Å²) in [5, 5.41) is 19.7. The fraction of sp³-hybridized carbons (Fsp3) is 0.556. The SMILES string of the molecule is CCN(CC(=O)O)C1CCN(CC(=O)N(C)c2ccc([N+](=O)[O-])cc2)CC1. The molecule has 1 heterocycles. The van der Waals surface area contributed by atoms with Gasteiger partial charge in [0.25, 0.3) is 5.69 Å². The predicted octanol–water partition coefficient (Wildman–Crippen LogP) is 1.43. The van der Waals surface area contributed by atoms with Crippen LogP contribution in [0.4, 0.5) is 11.4 Å². The van der Waals surface area contributed by atoms with Crippen molar-refractivity contribution in [2.24, 2.45) is 0 Å².